The molecular formula is C12H18ClNOS. The topological polar surface area (TPSA) is 21.3 Å². The van der Waals surface area contributed by atoms with Crippen molar-refractivity contribution in [1.29, 1.82) is 0 Å². The fourth-order valence-corrected chi connectivity index (χ4v) is 3.57. The van der Waals surface area contributed by atoms with Crippen LogP contribution in [0.15, 0.2) is 12.1 Å². The highest BCUT2D eigenvalue weighted by atomic mass is 35.5. The molecule has 0 aliphatic carbocycles. The van der Waals surface area contributed by atoms with Gasteiger partial charge in [0.1, 0.15) is 0 Å². The maximum atomic E-state index is 5.95. The molecule has 16 heavy (non-hydrogen) atoms. The predicted molar refractivity (Wildman–Crippen MR) is 69.4 cm³/mol. The van der Waals surface area contributed by atoms with Gasteiger partial charge in [0.05, 0.1) is 10.4 Å². The van der Waals surface area contributed by atoms with E-state index in [1.165, 1.54) is 4.88 Å². The standard InChI is InChI=1S/C12H18ClNOS/c1-8-10(5-6-15-8)11(14-2)7-9-3-4-12(13)16-9/h3-4,8,10-11,14H,5-7H2,1-2H3. The highest BCUT2D eigenvalue weighted by molar-refractivity contribution is 7.16. The number of hydrogen-bond donors (Lipinski definition) is 1. The molecule has 1 fully saturated rings. The fourth-order valence-electron chi connectivity index (χ4n) is 2.42. The largest absolute Gasteiger partial charge is 0.378 e. The number of halogens is 1. The minimum atomic E-state index is 0.368. The molecule has 0 spiro atoms. The van der Waals surface area contributed by atoms with Gasteiger partial charge in [0, 0.05) is 23.4 Å². The lowest BCUT2D eigenvalue weighted by Crippen LogP contribution is -2.38. The normalized spacial score (nSPS) is 27.2. The summed E-state index contributed by atoms with van der Waals surface area (Å²) in [6.45, 7) is 3.07. The van der Waals surface area contributed by atoms with Crippen molar-refractivity contribution in [2.75, 3.05) is 13.7 Å². The highest BCUT2D eigenvalue weighted by Gasteiger charge is 2.31. The smallest absolute Gasteiger partial charge is 0.0931 e. The van der Waals surface area contributed by atoms with Crippen LogP contribution in [0, 0.1) is 5.92 Å². The van der Waals surface area contributed by atoms with Crippen molar-refractivity contribution in [2.45, 2.75) is 31.9 Å². The summed E-state index contributed by atoms with van der Waals surface area (Å²) in [6.07, 6.45) is 2.57. The molecule has 0 bridgehead atoms. The van der Waals surface area contributed by atoms with Gasteiger partial charge in [0.25, 0.3) is 0 Å². The predicted octanol–water partition coefficient (Wildman–Crippen LogP) is 2.96. The van der Waals surface area contributed by atoms with E-state index in [0.717, 1.165) is 23.8 Å². The van der Waals surface area contributed by atoms with Crippen LogP contribution in [0.2, 0.25) is 4.34 Å². The number of thiophene rings is 1. The summed E-state index contributed by atoms with van der Waals surface area (Å²) in [5, 5.41) is 3.42. The Kier molecular flexibility index (Phi) is 4.25. The summed E-state index contributed by atoms with van der Waals surface area (Å²) in [5.74, 6) is 0.617. The average molecular weight is 260 g/mol. The zero-order chi connectivity index (χ0) is 11.5. The number of rotatable bonds is 4. The van der Waals surface area contributed by atoms with Crippen LogP contribution in [-0.4, -0.2) is 25.8 Å². The number of ether oxygens (including phenoxy) is 1. The zero-order valence-electron chi connectivity index (χ0n) is 9.70. The van der Waals surface area contributed by atoms with Gasteiger partial charge in [0.15, 0.2) is 0 Å². The number of nitrogens with one attached hydrogen (secondary N) is 1. The molecular weight excluding hydrogens is 242 g/mol. The zero-order valence-corrected chi connectivity index (χ0v) is 11.3. The van der Waals surface area contributed by atoms with Gasteiger partial charge in [-0.2, -0.15) is 0 Å². The molecule has 2 rings (SSSR count). The van der Waals surface area contributed by atoms with E-state index >= 15 is 0 Å². The lowest BCUT2D eigenvalue weighted by Gasteiger charge is -2.24. The number of hydrogen-bond acceptors (Lipinski definition) is 3. The minimum absolute atomic E-state index is 0.368. The van der Waals surface area contributed by atoms with Gasteiger partial charge in [-0.25, -0.2) is 0 Å². The molecule has 0 aromatic carbocycles. The molecule has 0 saturated carbocycles. The van der Waals surface area contributed by atoms with E-state index < -0.39 is 0 Å². The molecule has 0 radical (unpaired) electrons. The van der Waals surface area contributed by atoms with Gasteiger partial charge >= 0.3 is 0 Å². The Morgan fingerprint density at radius 1 is 1.62 bits per heavy atom. The van der Waals surface area contributed by atoms with Crippen molar-refractivity contribution in [1.82, 2.24) is 5.32 Å². The van der Waals surface area contributed by atoms with E-state index in [-0.39, 0.29) is 0 Å². The van der Waals surface area contributed by atoms with Crippen molar-refractivity contribution in [3.05, 3.63) is 21.3 Å². The molecule has 1 aromatic heterocycles. The van der Waals surface area contributed by atoms with Crippen LogP contribution in [0.25, 0.3) is 0 Å². The van der Waals surface area contributed by atoms with Crippen molar-refractivity contribution in [2.24, 2.45) is 5.92 Å². The Morgan fingerprint density at radius 3 is 2.94 bits per heavy atom. The van der Waals surface area contributed by atoms with Gasteiger partial charge in [-0.3, -0.25) is 0 Å². The van der Waals surface area contributed by atoms with Crippen LogP contribution in [0.5, 0.6) is 0 Å². The summed E-state index contributed by atoms with van der Waals surface area (Å²) in [6, 6.07) is 4.59. The van der Waals surface area contributed by atoms with Crippen LogP contribution in [0.3, 0.4) is 0 Å². The molecule has 2 heterocycles. The van der Waals surface area contributed by atoms with Crippen LogP contribution in [-0.2, 0) is 11.2 Å². The van der Waals surface area contributed by atoms with E-state index in [4.69, 9.17) is 16.3 Å². The highest BCUT2D eigenvalue weighted by Crippen LogP contribution is 2.28. The average Bonchev–Trinajstić information content (AvgIpc) is 2.84. The lowest BCUT2D eigenvalue weighted by molar-refractivity contribution is 0.0964. The second kappa shape index (κ2) is 5.50. The van der Waals surface area contributed by atoms with E-state index in [1.54, 1.807) is 11.3 Å². The molecule has 4 heteroatoms. The maximum Gasteiger partial charge on any atom is 0.0931 e. The monoisotopic (exact) mass is 259 g/mol. The van der Waals surface area contributed by atoms with E-state index in [2.05, 4.69) is 18.3 Å². The summed E-state index contributed by atoms with van der Waals surface area (Å²) < 4.78 is 6.50. The minimum Gasteiger partial charge on any atom is -0.378 e. The first-order valence-corrected chi connectivity index (χ1v) is 6.93. The van der Waals surface area contributed by atoms with Gasteiger partial charge in [-0.15, -0.1) is 11.3 Å². The number of likely N-dealkylation sites (N-methyl/N-ethyl adjacent to an activating group) is 1. The quantitative estimate of drug-likeness (QED) is 0.898. The third-order valence-electron chi connectivity index (χ3n) is 3.37. The van der Waals surface area contributed by atoms with Crippen molar-refractivity contribution >= 4 is 22.9 Å². The SMILES string of the molecule is CNC(Cc1ccc(Cl)s1)C1CCOC1C. The van der Waals surface area contributed by atoms with Gasteiger partial charge in [-0.05, 0) is 38.9 Å². The first kappa shape index (κ1) is 12.4. The lowest BCUT2D eigenvalue weighted by atomic mass is 9.91. The first-order valence-electron chi connectivity index (χ1n) is 5.74. The molecule has 1 aliphatic rings. The maximum absolute atomic E-state index is 5.95. The third-order valence-corrected chi connectivity index (χ3v) is 4.63. The van der Waals surface area contributed by atoms with Crippen molar-refractivity contribution in [3.8, 4) is 0 Å². The van der Waals surface area contributed by atoms with Crippen molar-refractivity contribution < 1.29 is 4.74 Å². The van der Waals surface area contributed by atoms with Crippen LogP contribution >= 0.6 is 22.9 Å². The molecule has 3 unspecified atom stereocenters. The van der Waals surface area contributed by atoms with Crippen molar-refractivity contribution in [3.63, 3.8) is 0 Å². The Balaban J connectivity index is 2.00. The van der Waals surface area contributed by atoms with E-state index in [0.29, 0.717) is 18.1 Å². The molecule has 1 N–H and O–H groups in total. The fraction of sp³-hybridized carbons (Fsp3) is 0.667. The van der Waals surface area contributed by atoms with Gasteiger partial charge < -0.3 is 10.1 Å². The Morgan fingerprint density at radius 2 is 2.44 bits per heavy atom. The first-order chi connectivity index (χ1) is 7.70. The van der Waals surface area contributed by atoms with Gasteiger partial charge in [-0.1, -0.05) is 11.6 Å². The van der Waals surface area contributed by atoms with Crippen LogP contribution < -0.4 is 5.32 Å². The molecule has 0 amide bonds. The van der Waals surface area contributed by atoms with Crippen LogP contribution in [0.1, 0.15) is 18.2 Å². The molecule has 1 saturated heterocycles. The Hall–Kier alpha value is -0.0900. The second-order valence-electron chi connectivity index (χ2n) is 4.33. The third kappa shape index (κ3) is 2.77. The molecule has 1 aromatic rings. The van der Waals surface area contributed by atoms with Crippen LogP contribution in [0.4, 0.5) is 0 Å². The molecule has 1 aliphatic heterocycles. The summed E-state index contributed by atoms with van der Waals surface area (Å²) in [4.78, 5) is 1.35. The summed E-state index contributed by atoms with van der Waals surface area (Å²) in [5.41, 5.74) is 0. The molecule has 2 nitrogen and oxygen atoms in total. The Labute approximate surface area is 106 Å². The van der Waals surface area contributed by atoms with E-state index in [9.17, 15) is 0 Å². The summed E-state index contributed by atoms with van der Waals surface area (Å²) >= 11 is 7.62. The summed E-state index contributed by atoms with van der Waals surface area (Å²) in [7, 11) is 2.03. The molecule has 3 atom stereocenters. The van der Waals surface area contributed by atoms with Gasteiger partial charge in [0.2, 0.25) is 0 Å². The Bertz CT molecular complexity index is 342. The molecule has 90 valence electrons. The second-order valence-corrected chi connectivity index (χ2v) is 6.13. The van der Waals surface area contributed by atoms with E-state index in [1.807, 2.05) is 13.1 Å².